The van der Waals surface area contributed by atoms with E-state index in [2.05, 4.69) is 20.8 Å². The van der Waals surface area contributed by atoms with Crippen LogP contribution >= 0.6 is 0 Å². The van der Waals surface area contributed by atoms with Crippen molar-refractivity contribution in [1.82, 2.24) is 0 Å². The topological polar surface area (TPSA) is 18.5 Å². The molecule has 1 unspecified atom stereocenters. The molecule has 1 atom stereocenters. The molecule has 104 valence electrons. The fourth-order valence-corrected chi connectivity index (χ4v) is 1.87. The highest BCUT2D eigenvalue weighted by molar-refractivity contribution is 4.54. The summed E-state index contributed by atoms with van der Waals surface area (Å²) >= 11 is 0. The van der Waals surface area contributed by atoms with Gasteiger partial charge < -0.3 is 0 Å². The molecule has 0 saturated heterocycles. The molecule has 0 aromatic heterocycles. The molecule has 0 rings (SSSR count). The summed E-state index contributed by atoms with van der Waals surface area (Å²) in [6.07, 6.45) is 11.4. The van der Waals surface area contributed by atoms with E-state index in [0.717, 1.165) is 19.6 Å². The van der Waals surface area contributed by atoms with Crippen molar-refractivity contribution < 1.29 is 9.78 Å². The highest BCUT2D eigenvalue weighted by Gasteiger charge is 2.06. The fraction of sp³-hybridized carbons (Fsp3) is 1.00. The van der Waals surface area contributed by atoms with Crippen LogP contribution in [0.4, 0.5) is 0 Å². The van der Waals surface area contributed by atoms with Gasteiger partial charge >= 0.3 is 0 Å². The van der Waals surface area contributed by atoms with E-state index in [4.69, 9.17) is 9.78 Å². The first-order valence-electron chi connectivity index (χ1n) is 7.59. The third-order valence-electron chi connectivity index (χ3n) is 3.26. The van der Waals surface area contributed by atoms with Crippen LogP contribution in [-0.4, -0.2) is 13.2 Å². The molecule has 2 heteroatoms. The lowest BCUT2D eigenvalue weighted by molar-refractivity contribution is -0.302. The third kappa shape index (κ3) is 12.2. The van der Waals surface area contributed by atoms with Crippen molar-refractivity contribution in [2.75, 3.05) is 13.2 Å². The van der Waals surface area contributed by atoms with Crippen molar-refractivity contribution in [3.8, 4) is 0 Å². The zero-order valence-corrected chi connectivity index (χ0v) is 12.2. The predicted octanol–water partition coefficient (Wildman–Crippen LogP) is 5.12. The van der Waals surface area contributed by atoms with Gasteiger partial charge in [-0.05, 0) is 18.8 Å². The Morgan fingerprint density at radius 2 is 1.47 bits per heavy atom. The molecule has 0 heterocycles. The van der Waals surface area contributed by atoms with Gasteiger partial charge in [-0.25, -0.2) is 9.78 Å². The summed E-state index contributed by atoms with van der Waals surface area (Å²) < 4.78 is 0. The molecule has 2 nitrogen and oxygen atoms in total. The standard InChI is InChI=1S/C15H32O2/c1-4-7-9-10-11-13-16-17-14-15(6-3)12-8-5-2/h15H,4-14H2,1-3H3. The molecular formula is C15H32O2. The Kier molecular flexibility index (Phi) is 13.9. The zero-order valence-electron chi connectivity index (χ0n) is 12.2. The van der Waals surface area contributed by atoms with Gasteiger partial charge in [0, 0.05) is 0 Å². The molecule has 0 N–H and O–H groups in total. The molecule has 0 bridgehead atoms. The van der Waals surface area contributed by atoms with Gasteiger partial charge in [0.1, 0.15) is 0 Å². The van der Waals surface area contributed by atoms with Crippen molar-refractivity contribution in [3.63, 3.8) is 0 Å². The smallest absolute Gasteiger partial charge is 0.0850 e. The minimum Gasteiger partial charge on any atom is -0.237 e. The Morgan fingerprint density at radius 3 is 2.12 bits per heavy atom. The van der Waals surface area contributed by atoms with E-state index in [-0.39, 0.29) is 0 Å². The van der Waals surface area contributed by atoms with E-state index in [1.54, 1.807) is 0 Å². The number of rotatable bonds is 13. The van der Waals surface area contributed by atoms with Crippen LogP contribution in [0.25, 0.3) is 0 Å². The maximum absolute atomic E-state index is 5.29. The molecule has 0 aromatic rings. The summed E-state index contributed by atoms with van der Waals surface area (Å²) in [6.45, 7) is 8.23. The Labute approximate surface area is 108 Å². The number of hydrogen-bond donors (Lipinski definition) is 0. The Bertz CT molecular complexity index is 137. The van der Waals surface area contributed by atoms with Gasteiger partial charge in [-0.15, -0.1) is 0 Å². The van der Waals surface area contributed by atoms with Crippen LogP contribution in [-0.2, 0) is 9.78 Å². The van der Waals surface area contributed by atoms with Crippen LogP contribution in [0.1, 0.15) is 78.6 Å². The van der Waals surface area contributed by atoms with Crippen molar-refractivity contribution in [2.24, 2.45) is 5.92 Å². The number of unbranched alkanes of at least 4 members (excludes halogenated alkanes) is 5. The van der Waals surface area contributed by atoms with Crippen molar-refractivity contribution >= 4 is 0 Å². The van der Waals surface area contributed by atoms with Crippen LogP contribution in [0, 0.1) is 5.92 Å². The number of hydrogen-bond acceptors (Lipinski definition) is 2. The molecule has 0 fully saturated rings. The van der Waals surface area contributed by atoms with Crippen LogP contribution in [0.15, 0.2) is 0 Å². The normalized spacial score (nSPS) is 12.9. The summed E-state index contributed by atoms with van der Waals surface area (Å²) in [5.74, 6) is 0.676. The lowest BCUT2D eigenvalue weighted by atomic mass is 10.0. The van der Waals surface area contributed by atoms with Crippen LogP contribution in [0.2, 0.25) is 0 Å². The van der Waals surface area contributed by atoms with Crippen LogP contribution < -0.4 is 0 Å². The molecule has 0 aliphatic carbocycles. The zero-order chi connectivity index (χ0) is 12.8. The first kappa shape index (κ1) is 16.9. The van der Waals surface area contributed by atoms with E-state index in [1.165, 1.54) is 51.4 Å². The molecule has 0 amide bonds. The first-order valence-corrected chi connectivity index (χ1v) is 7.59. The molecular weight excluding hydrogens is 212 g/mol. The minimum absolute atomic E-state index is 0.676. The van der Waals surface area contributed by atoms with Crippen molar-refractivity contribution in [3.05, 3.63) is 0 Å². The lowest BCUT2D eigenvalue weighted by Gasteiger charge is -2.13. The highest BCUT2D eigenvalue weighted by atomic mass is 17.2. The molecule has 0 aromatic carbocycles. The monoisotopic (exact) mass is 244 g/mol. The first-order chi connectivity index (χ1) is 8.35. The summed E-state index contributed by atoms with van der Waals surface area (Å²) in [5.41, 5.74) is 0. The molecule has 0 aliphatic heterocycles. The summed E-state index contributed by atoms with van der Waals surface area (Å²) in [6, 6.07) is 0. The van der Waals surface area contributed by atoms with E-state index in [1.807, 2.05) is 0 Å². The lowest BCUT2D eigenvalue weighted by Crippen LogP contribution is -2.09. The van der Waals surface area contributed by atoms with Gasteiger partial charge in [-0.1, -0.05) is 65.7 Å². The molecule has 0 radical (unpaired) electrons. The van der Waals surface area contributed by atoms with Crippen LogP contribution in [0.5, 0.6) is 0 Å². The van der Waals surface area contributed by atoms with Gasteiger partial charge in [0.15, 0.2) is 0 Å². The summed E-state index contributed by atoms with van der Waals surface area (Å²) in [4.78, 5) is 10.5. The van der Waals surface area contributed by atoms with Crippen LogP contribution in [0.3, 0.4) is 0 Å². The maximum Gasteiger partial charge on any atom is 0.0850 e. The Morgan fingerprint density at radius 1 is 0.765 bits per heavy atom. The van der Waals surface area contributed by atoms with E-state index < -0.39 is 0 Å². The molecule has 0 spiro atoms. The minimum atomic E-state index is 0.676. The second kappa shape index (κ2) is 14.0. The van der Waals surface area contributed by atoms with Gasteiger partial charge in [0.2, 0.25) is 0 Å². The fourth-order valence-electron chi connectivity index (χ4n) is 1.87. The van der Waals surface area contributed by atoms with E-state index >= 15 is 0 Å². The summed E-state index contributed by atoms with van der Waals surface area (Å²) in [5, 5.41) is 0. The van der Waals surface area contributed by atoms with Gasteiger partial charge in [0.05, 0.1) is 13.2 Å². The second-order valence-corrected chi connectivity index (χ2v) is 4.94. The highest BCUT2D eigenvalue weighted by Crippen LogP contribution is 2.13. The van der Waals surface area contributed by atoms with Gasteiger partial charge in [-0.2, -0.15) is 0 Å². The van der Waals surface area contributed by atoms with Crippen molar-refractivity contribution in [1.29, 1.82) is 0 Å². The van der Waals surface area contributed by atoms with E-state index in [0.29, 0.717) is 5.92 Å². The molecule has 0 aliphatic rings. The Hall–Kier alpha value is -0.0800. The quantitative estimate of drug-likeness (QED) is 0.254. The van der Waals surface area contributed by atoms with Crippen molar-refractivity contribution in [2.45, 2.75) is 78.6 Å². The maximum atomic E-state index is 5.29. The Balaban J connectivity index is 3.19. The molecule has 17 heavy (non-hydrogen) atoms. The largest absolute Gasteiger partial charge is 0.237 e. The van der Waals surface area contributed by atoms with E-state index in [9.17, 15) is 0 Å². The van der Waals surface area contributed by atoms with Gasteiger partial charge in [-0.3, -0.25) is 0 Å². The molecule has 0 saturated carbocycles. The SMILES string of the molecule is CCCCCCCOOCC(CC)CCCC. The second-order valence-electron chi connectivity index (χ2n) is 4.94. The predicted molar refractivity (Wildman–Crippen MR) is 74.0 cm³/mol. The summed E-state index contributed by atoms with van der Waals surface area (Å²) in [7, 11) is 0. The average molecular weight is 244 g/mol. The third-order valence-corrected chi connectivity index (χ3v) is 3.26. The van der Waals surface area contributed by atoms with Gasteiger partial charge in [0.25, 0.3) is 0 Å². The average Bonchev–Trinajstić information content (AvgIpc) is 2.36.